The van der Waals surface area contributed by atoms with Crippen molar-refractivity contribution < 1.29 is 28.2 Å². The van der Waals surface area contributed by atoms with E-state index in [0.29, 0.717) is 5.92 Å². The highest BCUT2D eigenvalue weighted by atomic mass is 19.3. The predicted molar refractivity (Wildman–Crippen MR) is 120 cm³/mol. The lowest BCUT2D eigenvalue weighted by molar-refractivity contribution is -0.143. The Morgan fingerprint density at radius 3 is 2.79 bits per heavy atom. The van der Waals surface area contributed by atoms with Crippen molar-refractivity contribution in [3.63, 3.8) is 0 Å². The van der Waals surface area contributed by atoms with Gasteiger partial charge in [0.25, 0.3) is 0 Å². The molecule has 0 unspecified atom stereocenters. The van der Waals surface area contributed by atoms with E-state index in [9.17, 15) is 23.5 Å². The number of fused-ring (bicyclic) bond motifs is 1. The van der Waals surface area contributed by atoms with Gasteiger partial charge in [0.2, 0.25) is 12.3 Å². The molecule has 0 saturated heterocycles. The lowest BCUT2D eigenvalue weighted by Gasteiger charge is -2.35. The van der Waals surface area contributed by atoms with E-state index in [1.165, 1.54) is 19.4 Å². The first-order chi connectivity index (χ1) is 15.6. The number of halogens is 2. The number of carboxylic acid groups (broad SMARTS) is 1. The summed E-state index contributed by atoms with van der Waals surface area (Å²) >= 11 is 0. The van der Waals surface area contributed by atoms with Crippen LogP contribution in [0, 0.1) is 11.3 Å². The highest BCUT2D eigenvalue weighted by Crippen LogP contribution is 2.34. The number of aliphatic carboxylic acids is 1. The monoisotopic (exact) mass is 467 g/mol. The van der Waals surface area contributed by atoms with Crippen molar-refractivity contribution in [1.82, 2.24) is 10.3 Å². The third-order valence-corrected chi connectivity index (χ3v) is 6.55. The van der Waals surface area contributed by atoms with E-state index in [-0.39, 0.29) is 19.1 Å². The van der Waals surface area contributed by atoms with E-state index >= 15 is 0 Å². The summed E-state index contributed by atoms with van der Waals surface area (Å²) in [5.41, 5.74) is 0.883. The number of hydrogen-bond donors (Lipinski definition) is 3. The van der Waals surface area contributed by atoms with E-state index in [0.717, 1.165) is 56.6 Å². The van der Waals surface area contributed by atoms with Crippen molar-refractivity contribution in [2.75, 3.05) is 18.5 Å². The first-order valence-corrected chi connectivity index (χ1v) is 11.8. The quantitative estimate of drug-likeness (QED) is 0.432. The Bertz CT molecular complexity index is 828. The second-order valence-corrected chi connectivity index (χ2v) is 9.92. The normalized spacial score (nSPS) is 21.0. The van der Waals surface area contributed by atoms with E-state index in [4.69, 9.17) is 9.72 Å². The molecule has 1 fully saturated rings. The maximum atomic E-state index is 12.9. The molecular weight excluding hydrogens is 432 g/mol. The van der Waals surface area contributed by atoms with Gasteiger partial charge in [-0.15, -0.1) is 0 Å². The van der Waals surface area contributed by atoms with Gasteiger partial charge in [-0.25, -0.2) is 18.6 Å². The molecule has 1 aliphatic carbocycles. The van der Waals surface area contributed by atoms with E-state index in [1.807, 2.05) is 0 Å². The van der Waals surface area contributed by atoms with Gasteiger partial charge in [0.05, 0.1) is 6.10 Å². The summed E-state index contributed by atoms with van der Waals surface area (Å²) < 4.78 is 31.6. The number of amides is 1. The van der Waals surface area contributed by atoms with Crippen LogP contribution in [0.2, 0.25) is 0 Å². The van der Waals surface area contributed by atoms with Crippen molar-refractivity contribution in [1.29, 1.82) is 0 Å². The summed E-state index contributed by atoms with van der Waals surface area (Å²) in [7, 11) is 0. The predicted octanol–water partition coefficient (Wildman–Crippen LogP) is 3.81. The summed E-state index contributed by atoms with van der Waals surface area (Å²) in [5, 5.41) is 15.0. The molecule has 3 N–H and O–H groups in total. The summed E-state index contributed by atoms with van der Waals surface area (Å²) in [5.74, 6) is -0.304. The number of carbonyl (C=O) groups is 2. The summed E-state index contributed by atoms with van der Waals surface area (Å²) in [6.07, 6.45) is 3.14. The third kappa shape index (κ3) is 7.35. The van der Waals surface area contributed by atoms with Crippen LogP contribution in [-0.2, 0) is 27.2 Å². The van der Waals surface area contributed by atoms with Gasteiger partial charge in [-0.3, -0.25) is 4.79 Å². The molecule has 1 amide bonds. The van der Waals surface area contributed by atoms with E-state index in [2.05, 4.69) is 22.8 Å². The Morgan fingerprint density at radius 2 is 2.09 bits per heavy atom. The van der Waals surface area contributed by atoms with Crippen LogP contribution in [0.4, 0.5) is 14.6 Å². The number of alkyl halides is 2. The summed E-state index contributed by atoms with van der Waals surface area (Å²) in [6, 6.07) is 3.13. The minimum Gasteiger partial charge on any atom is -0.480 e. The van der Waals surface area contributed by atoms with Gasteiger partial charge >= 0.3 is 5.97 Å². The Balaban J connectivity index is 1.32. The summed E-state index contributed by atoms with van der Waals surface area (Å²) in [6.45, 7) is 3.74. The van der Waals surface area contributed by atoms with Crippen LogP contribution in [0.25, 0.3) is 0 Å². The lowest BCUT2D eigenvalue weighted by Crippen LogP contribution is -2.44. The second kappa shape index (κ2) is 11.2. The molecular formula is C24H35F2N3O4. The number of carbonyl (C=O) groups excluding carboxylic acids is 1. The van der Waals surface area contributed by atoms with E-state index < -0.39 is 36.2 Å². The topological polar surface area (TPSA) is 101 Å². The molecule has 1 aromatic heterocycles. The summed E-state index contributed by atoms with van der Waals surface area (Å²) in [4.78, 5) is 28.2. The number of rotatable bonds is 12. The van der Waals surface area contributed by atoms with Crippen molar-refractivity contribution in [2.45, 2.75) is 83.8 Å². The van der Waals surface area contributed by atoms with Crippen LogP contribution in [-0.4, -0.2) is 53.7 Å². The number of hydrogen-bond acceptors (Lipinski definition) is 5. The first-order valence-electron chi connectivity index (χ1n) is 11.8. The fourth-order valence-corrected chi connectivity index (χ4v) is 4.25. The van der Waals surface area contributed by atoms with Crippen molar-refractivity contribution in [3.05, 3.63) is 23.4 Å². The maximum absolute atomic E-state index is 12.9. The molecule has 2 heterocycles. The molecule has 1 aromatic rings. The molecule has 2 aliphatic rings. The van der Waals surface area contributed by atoms with Crippen molar-refractivity contribution in [3.8, 4) is 0 Å². The van der Waals surface area contributed by atoms with Gasteiger partial charge in [0, 0.05) is 37.1 Å². The number of ether oxygens (including phenoxy) is 1. The highest BCUT2D eigenvalue weighted by molar-refractivity contribution is 5.83. The first kappa shape index (κ1) is 25.3. The molecule has 0 spiro atoms. The largest absolute Gasteiger partial charge is 0.480 e. The van der Waals surface area contributed by atoms with Gasteiger partial charge in [0.15, 0.2) is 0 Å². The molecule has 1 atom stereocenters. The average Bonchev–Trinajstić information content (AvgIpc) is 2.73. The zero-order valence-corrected chi connectivity index (χ0v) is 19.4. The number of nitrogens with zero attached hydrogens (tertiary/aromatic N) is 1. The highest BCUT2D eigenvalue weighted by Gasteiger charge is 2.34. The van der Waals surface area contributed by atoms with Crippen LogP contribution >= 0.6 is 0 Å². The lowest BCUT2D eigenvalue weighted by atomic mass is 9.79. The molecule has 33 heavy (non-hydrogen) atoms. The van der Waals surface area contributed by atoms with Gasteiger partial charge in [-0.1, -0.05) is 19.9 Å². The number of pyridine rings is 1. The molecule has 0 radical (unpaired) electrons. The molecule has 7 nitrogen and oxygen atoms in total. The molecule has 3 rings (SSSR count). The number of anilines is 1. The minimum atomic E-state index is -2.67. The minimum absolute atomic E-state index is 0.0936. The van der Waals surface area contributed by atoms with Crippen LogP contribution in [0.3, 0.4) is 0 Å². The number of carboxylic acids is 1. The van der Waals surface area contributed by atoms with Crippen LogP contribution in [0.5, 0.6) is 0 Å². The van der Waals surface area contributed by atoms with Crippen LogP contribution in [0.15, 0.2) is 12.1 Å². The Morgan fingerprint density at radius 1 is 1.33 bits per heavy atom. The van der Waals surface area contributed by atoms with Gasteiger partial charge in [0.1, 0.15) is 11.9 Å². The van der Waals surface area contributed by atoms with Gasteiger partial charge in [-0.05, 0) is 56.1 Å². The second-order valence-electron chi connectivity index (χ2n) is 9.92. The zero-order valence-electron chi connectivity index (χ0n) is 19.4. The Hall–Kier alpha value is -2.29. The number of aromatic nitrogens is 1. The van der Waals surface area contributed by atoms with Crippen LogP contribution in [0.1, 0.15) is 63.6 Å². The fraction of sp³-hybridized carbons (Fsp3) is 0.708. The van der Waals surface area contributed by atoms with Gasteiger partial charge in [-0.2, -0.15) is 0 Å². The zero-order chi connectivity index (χ0) is 24.0. The SMILES string of the molecule is CC(C)(CC(=O)N[C@@H](CCOC1CC(CCc2ccc3c(n2)NCCC3)C1)C(=O)O)C(F)F. The van der Waals surface area contributed by atoms with Crippen LogP contribution < -0.4 is 10.6 Å². The smallest absolute Gasteiger partial charge is 0.326 e. The molecule has 1 saturated carbocycles. The molecule has 184 valence electrons. The molecule has 9 heteroatoms. The molecule has 0 bridgehead atoms. The fourth-order valence-electron chi connectivity index (χ4n) is 4.25. The van der Waals surface area contributed by atoms with Crippen molar-refractivity contribution >= 4 is 17.7 Å². The Kier molecular flexibility index (Phi) is 8.62. The van der Waals surface area contributed by atoms with E-state index in [1.54, 1.807) is 0 Å². The standard InChI is InChI=1S/C24H35F2N3O4/c1-24(2,23(25)26)14-20(30)29-19(22(31)32)9-11-33-18-12-15(13-18)5-7-17-8-6-16-4-3-10-27-21(16)28-17/h6,8,15,18-19,23H,3-5,7,9-14H2,1-2H3,(H,27,28)(H,29,30)(H,31,32)/t15?,18?,19-/m0/s1. The Labute approximate surface area is 193 Å². The molecule has 0 aromatic carbocycles. The van der Waals surface area contributed by atoms with Crippen molar-refractivity contribution in [2.24, 2.45) is 11.3 Å². The third-order valence-electron chi connectivity index (χ3n) is 6.55. The average molecular weight is 468 g/mol. The number of nitrogens with one attached hydrogen (secondary N) is 2. The number of aryl methyl sites for hydroxylation is 2. The van der Waals surface area contributed by atoms with Gasteiger partial charge < -0.3 is 20.5 Å². The molecule has 1 aliphatic heterocycles. The maximum Gasteiger partial charge on any atom is 0.326 e.